The van der Waals surface area contributed by atoms with Crippen LogP contribution in [0, 0.1) is 11.8 Å². The van der Waals surface area contributed by atoms with Crippen LogP contribution in [-0.4, -0.2) is 45.1 Å². The fourth-order valence-electron chi connectivity index (χ4n) is 3.07. The second kappa shape index (κ2) is 11.4. The van der Waals surface area contributed by atoms with E-state index in [1.165, 1.54) is 0 Å². The largest absolute Gasteiger partial charge is 0.497 e. The molecule has 0 saturated carbocycles. The molecule has 30 heavy (non-hydrogen) atoms. The summed E-state index contributed by atoms with van der Waals surface area (Å²) in [6.07, 6.45) is -0.349. The summed E-state index contributed by atoms with van der Waals surface area (Å²) in [5.74, 6) is 0.105. The molecule has 0 radical (unpaired) electrons. The Balaban J connectivity index is 2.48. The minimum Gasteiger partial charge on any atom is -0.497 e. The number of ether oxygens (including phenoxy) is 2. The third-order valence-electron chi connectivity index (χ3n) is 6.18. The highest BCUT2D eigenvalue weighted by Crippen LogP contribution is 2.37. The van der Waals surface area contributed by atoms with Crippen LogP contribution in [0.3, 0.4) is 0 Å². The summed E-state index contributed by atoms with van der Waals surface area (Å²) in [5.41, 5.74) is 1.03. The summed E-state index contributed by atoms with van der Waals surface area (Å²) >= 11 is 0. The van der Waals surface area contributed by atoms with Crippen LogP contribution in [-0.2, 0) is 20.6 Å². The molecule has 0 aliphatic carbocycles. The Kier molecular flexibility index (Phi) is 10.2. The zero-order valence-electron chi connectivity index (χ0n) is 20.3. The summed E-state index contributed by atoms with van der Waals surface area (Å²) in [6, 6.07) is 7.67. The molecule has 1 aromatic rings. The predicted octanol–water partition coefficient (Wildman–Crippen LogP) is 5.21. The van der Waals surface area contributed by atoms with Crippen molar-refractivity contribution in [2.45, 2.75) is 84.9 Å². The molecule has 0 unspecified atom stereocenters. The van der Waals surface area contributed by atoms with Gasteiger partial charge in [-0.2, -0.15) is 0 Å². The predicted molar refractivity (Wildman–Crippen MR) is 124 cm³/mol. The number of aliphatic hydroxyl groups is 1. The van der Waals surface area contributed by atoms with Crippen LogP contribution < -0.4 is 4.74 Å². The molecule has 0 amide bonds. The number of ketones is 1. The van der Waals surface area contributed by atoms with E-state index in [9.17, 15) is 9.90 Å². The van der Waals surface area contributed by atoms with Gasteiger partial charge in [0.05, 0.1) is 26.4 Å². The fourth-order valence-corrected chi connectivity index (χ4v) is 4.52. The second-order valence-electron chi connectivity index (χ2n) is 9.95. The zero-order valence-corrected chi connectivity index (χ0v) is 21.3. The summed E-state index contributed by atoms with van der Waals surface area (Å²) in [4.78, 5) is 12.7. The first kappa shape index (κ1) is 26.8. The minimum absolute atomic E-state index is 0.0248. The Morgan fingerprint density at radius 3 is 2.17 bits per heavy atom. The highest BCUT2D eigenvalue weighted by Gasteiger charge is 2.39. The van der Waals surface area contributed by atoms with E-state index in [2.05, 4.69) is 33.9 Å². The molecule has 5 nitrogen and oxygen atoms in total. The molecule has 1 aromatic carbocycles. The van der Waals surface area contributed by atoms with Crippen molar-refractivity contribution < 1.29 is 23.8 Å². The quantitative estimate of drug-likeness (QED) is 0.454. The van der Waals surface area contributed by atoms with Crippen molar-refractivity contribution in [1.82, 2.24) is 0 Å². The third kappa shape index (κ3) is 8.14. The maximum absolute atomic E-state index is 12.7. The average Bonchev–Trinajstić information content (AvgIpc) is 2.65. The summed E-state index contributed by atoms with van der Waals surface area (Å²) < 4.78 is 17.2. The van der Waals surface area contributed by atoms with E-state index in [0.29, 0.717) is 19.6 Å². The Hall–Kier alpha value is -1.21. The monoisotopic (exact) mass is 438 g/mol. The van der Waals surface area contributed by atoms with Gasteiger partial charge in [0.15, 0.2) is 8.32 Å². The number of aliphatic hydroxyl groups excluding tert-OH is 1. The summed E-state index contributed by atoms with van der Waals surface area (Å²) in [5, 5.41) is 10.7. The average molecular weight is 439 g/mol. The van der Waals surface area contributed by atoms with Gasteiger partial charge in [-0.1, -0.05) is 46.8 Å². The first-order chi connectivity index (χ1) is 13.8. The van der Waals surface area contributed by atoms with E-state index >= 15 is 0 Å². The zero-order chi connectivity index (χ0) is 23.1. The van der Waals surface area contributed by atoms with Gasteiger partial charge in [-0.15, -0.1) is 0 Å². The van der Waals surface area contributed by atoms with Gasteiger partial charge in [0.2, 0.25) is 0 Å². The molecule has 0 heterocycles. The van der Waals surface area contributed by atoms with Crippen molar-refractivity contribution in [1.29, 1.82) is 0 Å². The van der Waals surface area contributed by atoms with Gasteiger partial charge in [0, 0.05) is 17.9 Å². The smallest absolute Gasteiger partial charge is 0.192 e. The number of carbonyl (C=O) groups is 1. The number of rotatable bonds is 12. The maximum atomic E-state index is 12.7. The number of carbonyl (C=O) groups excluding carboxylic acids is 1. The molecule has 0 bridgehead atoms. The van der Waals surface area contributed by atoms with Crippen molar-refractivity contribution in [3.05, 3.63) is 29.8 Å². The molecule has 6 heteroatoms. The van der Waals surface area contributed by atoms with Crippen molar-refractivity contribution in [2.24, 2.45) is 11.8 Å². The van der Waals surface area contributed by atoms with Crippen LogP contribution in [0.25, 0.3) is 0 Å². The SMILES string of the molecule is COc1ccc(COC[C@H](C)C(=O)[C@@H](C)[C@@H](O)C[C@@H](C)O[Si](C)(C)C(C)(C)C)cc1. The lowest BCUT2D eigenvalue weighted by Crippen LogP contribution is -2.44. The molecular formula is C24H42O5Si. The minimum atomic E-state index is -1.90. The molecule has 4 atom stereocenters. The molecule has 0 spiro atoms. The first-order valence-corrected chi connectivity index (χ1v) is 13.8. The number of hydrogen-bond acceptors (Lipinski definition) is 5. The number of Topliss-reactive ketones (excluding diaryl/α,β-unsaturated/α-hetero) is 1. The molecular weight excluding hydrogens is 396 g/mol. The van der Waals surface area contributed by atoms with E-state index in [-0.39, 0.29) is 22.8 Å². The topological polar surface area (TPSA) is 65.0 Å². The highest BCUT2D eigenvalue weighted by atomic mass is 28.4. The Labute approximate surface area is 184 Å². The standard InChI is InChI=1S/C24H42O5Si/c1-17(15-28-16-20-10-12-21(27-7)13-11-20)23(26)19(3)22(25)14-18(2)29-30(8,9)24(4,5)6/h10-13,17-19,22,25H,14-16H2,1-9H3/t17-,18+,19-,22-/m0/s1. The molecule has 1 rings (SSSR count). The van der Waals surface area contributed by atoms with Crippen molar-refractivity contribution in [3.8, 4) is 5.75 Å². The van der Waals surface area contributed by atoms with Crippen molar-refractivity contribution in [3.63, 3.8) is 0 Å². The van der Waals surface area contributed by atoms with E-state index in [4.69, 9.17) is 13.9 Å². The molecule has 0 aliphatic heterocycles. The van der Waals surface area contributed by atoms with Gasteiger partial charge in [0.1, 0.15) is 11.5 Å². The lowest BCUT2D eigenvalue weighted by molar-refractivity contribution is -0.131. The van der Waals surface area contributed by atoms with Gasteiger partial charge < -0.3 is 19.0 Å². The van der Waals surface area contributed by atoms with Gasteiger partial charge >= 0.3 is 0 Å². The van der Waals surface area contributed by atoms with Crippen molar-refractivity contribution >= 4 is 14.1 Å². The molecule has 0 fully saturated rings. The van der Waals surface area contributed by atoms with E-state index < -0.39 is 20.3 Å². The van der Waals surface area contributed by atoms with Crippen molar-refractivity contribution in [2.75, 3.05) is 13.7 Å². The number of hydrogen-bond donors (Lipinski definition) is 1. The van der Waals surface area contributed by atoms with E-state index in [1.807, 2.05) is 38.1 Å². The Bertz CT molecular complexity index is 651. The molecule has 0 aromatic heterocycles. The van der Waals surface area contributed by atoms with Crippen LogP contribution >= 0.6 is 0 Å². The number of methoxy groups -OCH3 is 1. The van der Waals surface area contributed by atoms with Gasteiger partial charge in [-0.05, 0) is 49.2 Å². The van der Waals surface area contributed by atoms with Crippen LogP contribution in [0.15, 0.2) is 24.3 Å². The molecule has 0 saturated heterocycles. The molecule has 0 aliphatic rings. The van der Waals surface area contributed by atoms with Crippen LogP contribution in [0.4, 0.5) is 0 Å². The van der Waals surface area contributed by atoms with Crippen LogP contribution in [0.1, 0.15) is 53.5 Å². The third-order valence-corrected chi connectivity index (χ3v) is 10.8. The van der Waals surface area contributed by atoms with Gasteiger partial charge in [0.25, 0.3) is 0 Å². The lowest BCUT2D eigenvalue weighted by atomic mass is 9.89. The van der Waals surface area contributed by atoms with Crippen LogP contribution in [0.5, 0.6) is 5.75 Å². The second-order valence-corrected chi connectivity index (χ2v) is 14.7. The van der Waals surface area contributed by atoms with Gasteiger partial charge in [-0.3, -0.25) is 4.79 Å². The first-order valence-electron chi connectivity index (χ1n) is 10.9. The maximum Gasteiger partial charge on any atom is 0.192 e. The van der Waals surface area contributed by atoms with Gasteiger partial charge in [-0.25, -0.2) is 0 Å². The summed E-state index contributed by atoms with van der Waals surface area (Å²) in [7, 11) is -0.265. The fraction of sp³-hybridized carbons (Fsp3) is 0.708. The normalized spacial score (nSPS) is 16.6. The highest BCUT2D eigenvalue weighted by molar-refractivity contribution is 6.74. The van der Waals surface area contributed by atoms with E-state index in [0.717, 1.165) is 11.3 Å². The molecule has 172 valence electrons. The van der Waals surface area contributed by atoms with E-state index in [1.54, 1.807) is 14.0 Å². The Morgan fingerprint density at radius 2 is 1.67 bits per heavy atom. The van der Waals surface area contributed by atoms with Crippen LogP contribution in [0.2, 0.25) is 18.1 Å². The molecule has 1 N–H and O–H groups in total. The lowest BCUT2D eigenvalue weighted by Gasteiger charge is -2.39. The number of benzene rings is 1. The summed E-state index contributed by atoms with van der Waals surface area (Å²) in [6.45, 7) is 17.4. The Morgan fingerprint density at radius 1 is 1.10 bits per heavy atom.